The van der Waals surface area contributed by atoms with Gasteiger partial charge in [0, 0.05) is 44.8 Å². The van der Waals surface area contributed by atoms with E-state index in [0.29, 0.717) is 29.7 Å². The number of aromatic nitrogens is 2. The van der Waals surface area contributed by atoms with Gasteiger partial charge in [-0.2, -0.15) is 0 Å². The van der Waals surface area contributed by atoms with Crippen LogP contribution in [-0.4, -0.2) is 53.1 Å². The number of amides is 1. The number of anilines is 1. The van der Waals surface area contributed by atoms with Gasteiger partial charge in [0.25, 0.3) is 5.56 Å². The molecule has 7 nitrogen and oxygen atoms in total. The molecule has 0 saturated carbocycles. The Balaban J connectivity index is 1.21. The molecule has 0 aliphatic carbocycles. The van der Waals surface area contributed by atoms with Crippen molar-refractivity contribution in [3.8, 4) is 5.69 Å². The van der Waals surface area contributed by atoms with Gasteiger partial charge in [-0.05, 0) is 36.4 Å². The van der Waals surface area contributed by atoms with E-state index < -0.39 is 0 Å². The summed E-state index contributed by atoms with van der Waals surface area (Å²) in [7, 11) is 0. The van der Waals surface area contributed by atoms with Gasteiger partial charge < -0.3 is 10.2 Å². The molecule has 0 unspecified atom stereocenters. The lowest BCUT2D eigenvalue weighted by Crippen LogP contribution is -2.47. The molecule has 0 atom stereocenters. The van der Waals surface area contributed by atoms with Gasteiger partial charge in [-0.25, -0.2) is 4.98 Å². The van der Waals surface area contributed by atoms with Crippen LogP contribution in [-0.2, 0) is 11.3 Å². The van der Waals surface area contributed by atoms with Gasteiger partial charge in [-0.15, -0.1) is 0 Å². The SMILES string of the molecule is O=C(CCN1CCN(c2ccccc2)CC1)NCc1nc2ccccc2c(=O)n1-c1ccccc1. The second kappa shape index (κ2) is 10.5. The van der Waals surface area contributed by atoms with E-state index in [1.807, 2.05) is 54.6 Å². The van der Waals surface area contributed by atoms with Crippen LogP contribution < -0.4 is 15.8 Å². The minimum atomic E-state index is -0.137. The predicted octanol–water partition coefficient (Wildman–Crippen LogP) is 3.21. The summed E-state index contributed by atoms with van der Waals surface area (Å²) in [6.45, 7) is 4.68. The Kier molecular flexibility index (Phi) is 6.86. The standard InChI is InChI=1S/C28H29N5O2/c34-27(15-16-31-17-19-32(20-18-31)22-9-3-1-4-10-22)29-21-26-30-25-14-8-7-13-24(25)28(35)33(26)23-11-5-2-6-12-23/h1-14H,15-21H2,(H,29,34). The number of para-hydroxylation sites is 3. The van der Waals surface area contributed by atoms with E-state index in [1.54, 1.807) is 10.6 Å². The number of carbonyl (C=O) groups is 1. The lowest BCUT2D eigenvalue weighted by atomic mass is 10.2. The number of hydrogen-bond donors (Lipinski definition) is 1. The van der Waals surface area contributed by atoms with E-state index in [-0.39, 0.29) is 18.0 Å². The molecule has 1 aliphatic rings. The Labute approximate surface area is 204 Å². The first-order valence-corrected chi connectivity index (χ1v) is 12.0. The lowest BCUT2D eigenvalue weighted by Gasteiger charge is -2.36. The second-order valence-corrected chi connectivity index (χ2v) is 8.71. The van der Waals surface area contributed by atoms with E-state index in [2.05, 4.69) is 39.4 Å². The molecule has 1 aromatic heterocycles. The number of carbonyl (C=O) groups excluding carboxylic acids is 1. The molecule has 1 saturated heterocycles. The second-order valence-electron chi connectivity index (χ2n) is 8.71. The van der Waals surface area contributed by atoms with Crippen LogP contribution in [0.1, 0.15) is 12.2 Å². The largest absolute Gasteiger partial charge is 0.369 e. The highest BCUT2D eigenvalue weighted by molar-refractivity contribution is 5.78. The van der Waals surface area contributed by atoms with E-state index >= 15 is 0 Å². The van der Waals surface area contributed by atoms with E-state index in [1.165, 1.54) is 5.69 Å². The highest BCUT2D eigenvalue weighted by Crippen LogP contribution is 2.16. The number of nitrogens with one attached hydrogen (secondary N) is 1. The topological polar surface area (TPSA) is 70.5 Å². The van der Waals surface area contributed by atoms with Crippen molar-refractivity contribution in [1.82, 2.24) is 19.8 Å². The number of benzene rings is 3. The number of fused-ring (bicyclic) bond motifs is 1. The molecule has 0 radical (unpaired) electrons. The Morgan fingerprint density at radius 3 is 2.14 bits per heavy atom. The van der Waals surface area contributed by atoms with Crippen LogP contribution in [0.15, 0.2) is 89.7 Å². The van der Waals surface area contributed by atoms with Crippen molar-refractivity contribution in [2.24, 2.45) is 0 Å². The maximum absolute atomic E-state index is 13.3. The van der Waals surface area contributed by atoms with E-state index in [9.17, 15) is 9.59 Å². The van der Waals surface area contributed by atoms with Crippen molar-refractivity contribution in [3.63, 3.8) is 0 Å². The molecule has 0 bridgehead atoms. The van der Waals surface area contributed by atoms with Gasteiger partial charge in [0.05, 0.1) is 23.1 Å². The molecule has 4 aromatic rings. The molecule has 178 valence electrons. The summed E-state index contributed by atoms with van der Waals surface area (Å²) in [4.78, 5) is 35.3. The van der Waals surface area contributed by atoms with E-state index in [4.69, 9.17) is 4.98 Å². The number of nitrogens with zero attached hydrogens (tertiary/aromatic N) is 4. The van der Waals surface area contributed by atoms with Gasteiger partial charge in [0.2, 0.25) is 5.91 Å². The molecule has 2 heterocycles. The molecule has 1 fully saturated rings. The summed E-state index contributed by atoms with van der Waals surface area (Å²) in [6, 6.07) is 27.2. The first-order chi connectivity index (χ1) is 17.2. The van der Waals surface area contributed by atoms with Crippen molar-refractivity contribution in [2.75, 3.05) is 37.6 Å². The molecule has 5 rings (SSSR count). The van der Waals surface area contributed by atoms with Crippen LogP contribution in [0, 0.1) is 0 Å². The third-order valence-corrected chi connectivity index (χ3v) is 6.45. The summed E-state index contributed by atoms with van der Waals surface area (Å²) >= 11 is 0. The maximum Gasteiger partial charge on any atom is 0.266 e. The number of hydrogen-bond acceptors (Lipinski definition) is 5. The summed E-state index contributed by atoms with van der Waals surface area (Å²) in [5.41, 5.74) is 2.47. The quantitative estimate of drug-likeness (QED) is 0.452. The van der Waals surface area contributed by atoms with Gasteiger partial charge in [-0.3, -0.25) is 19.1 Å². The molecule has 1 aliphatic heterocycles. The van der Waals surface area contributed by atoms with Crippen LogP contribution in [0.3, 0.4) is 0 Å². The highest BCUT2D eigenvalue weighted by Gasteiger charge is 2.18. The first-order valence-electron chi connectivity index (χ1n) is 12.0. The fourth-order valence-corrected chi connectivity index (χ4v) is 4.53. The maximum atomic E-state index is 13.3. The molecule has 0 spiro atoms. The van der Waals surface area contributed by atoms with Crippen molar-refractivity contribution in [3.05, 3.63) is 101 Å². The molecular weight excluding hydrogens is 438 g/mol. The average molecular weight is 468 g/mol. The van der Waals surface area contributed by atoms with Crippen molar-refractivity contribution < 1.29 is 4.79 Å². The molecule has 7 heteroatoms. The summed E-state index contributed by atoms with van der Waals surface area (Å²) in [5.74, 6) is 0.474. The Hall–Kier alpha value is -3.97. The third-order valence-electron chi connectivity index (χ3n) is 6.45. The highest BCUT2D eigenvalue weighted by atomic mass is 16.1. The van der Waals surface area contributed by atoms with Crippen LogP contribution in [0.4, 0.5) is 5.69 Å². The van der Waals surface area contributed by atoms with Crippen LogP contribution in [0.5, 0.6) is 0 Å². The molecule has 1 amide bonds. The molecule has 1 N–H and O–H groups in total. The van der Waals surface area contributed by atoms with Crippen molar-refractivity contribution in [2.45, 2.75) is 13.0 Å². The normalized spacial score (nSPS) is 14.2. The number of rotatable bonds is 7. The fraction of sp³-hybridized carbons (Fsp3) is 0.250. The molecular formula is C28H29N5O2. The predicted molar refractivity (Wildman–Crippen MR) is 139 cm³/mol. The minimum absolute atomic E-state index is 0.0440. The minimum Gasteiger partial charge on any atom is -0.369 e. The molecule has 3 aromatic carbocycles. The average Bonchev–Trinajstić information content (AvgIpc) is 2.92. The summed E-state index contributed by atoms with van der Waals surface area (Å²) in [6.07, 6.45) is 0.411. The summed E-state index contributed by atoms with van der Waals surface area (Å²) < 4.78 is 1.59. The zero-order valence-corrected chi connectivity index (χ0v) is 19.6. The lowest BCUT2D eigenvalue weighted by molar-refractivity contribution is -0.121. The fourth-order valence-electron chi connectivity index (χ4n) is 4.53. The van der Waals surface area contributed by atoms with Crippen LogP contribution >= 0.6 is 0 Å². The molecule has 35 heavy (non-hydrogen) atoms. The van der Waals surface area contributed by atoms with Crippen molar-refractivity contribution >= 4 is 22.5 Å². The van der Waals surface area contributed by atoms with Gasteiger partial charge >= 0.3 is 0 Å². The van der Waals surface area contributed by atoms with E-state index in [0.717, 1.165) is 31.9 Å². The summed E-state index contributed by atoms with van der Waals surface area (Å²) in [5, 5.41) is 3.53. The first kappa shape index (κ1) is 22.8. The van der Waals surface area contributed by atoms with Crippen LogP contribution in [0.2, 0.25) is 0 Å². The smallest absolute Gasteiger partial charge is 0.266 e. The zero-order valence-electron chi connectivity index (χ0n) is 19.6. The Morgan fingerprint density at radius 2 is 1.43 bits per heavy atom. The Bertz CT molecular complexity index is 1350. The van der Waals surface area contributed by atoms with Gasteiger partial charge in [0.15, 0.2) is 0 Å². The monoisotopic (exact) mass is 467 g/mol. The zero-order chi connectivity index (χ0) is 24.0. The third kappa shape index (κ3) is 5.25. The van der Waals surface area contributed by atoms with Gasteiger partial charge in [0.1, 0.15) is 5.82 Å². The van der Waals surface area contributed by atoms with Crippen LogP contribution in [0.25, 0.3) is 16.6 Å². The van der Waals surface area contributed by atoms with Crippen molar-refractivity contribution in [1.29, 1.82) is 0 Å². The number of piperazine rings is 1. The Morgan fingerprint density at radius 1 is 0.800 bits per heavy atom. The van der Waals surface area contributed by atoms with Gasteiger partial charge in [-0.1, -0.05) is 48.5 Å².